The fourth-order valence-electron chi connectivity index (χ4n) is 1.05. The van der Waals surface area contributed by atoms with Gasteiger partial charge in [0.2, 0.25) is 5.89 Å². The fraction of sp³-hybridized carbons (Fsp3) is 0.556. The highest BCUT2D eigenvalue weighted by atomic mass is 32.2. The van der Waals surface area contributed by atoms with Gasteiger partial charge in [0.05, 0.1) is 5.84 Å². The summed E-state index contributed by atoms with van der Waals surface area (Å²) in [6, 6.07) is 0. The number of nitrogens with one attached hydrogen (secondary N) is 1. The van der Waals surface area contributed by atoms with Crippen LogP contribution in [0.25, 0.3) is 0 Å². The molecule has 0 fully saturated rings. The number of nitrogens with zero attached hydrogens (tertiary/aromatic N) is 2. The molecule has 0 amide bonds. The zero-order chi connectivity index (χ0) is 11.8. The predicted molar refractivity (Wildman–Crippen MR) is 61.2 cm³/mol. The molecule has 3 N–H and O–H groups in total. The summed E-state index contributed by atoms with van der Waals surface area (Å²) in [4.78, 5) is 15.2. The van der Waals surface area contributed by atoms with Gasteiger partial charge < -0.3 is 10.3 Å². The molecule has 1 aromatic heterocycles. The van der Waals surface area contributed by atoms with Crippen molar-refractivity contribution in [2.24, 2.45) is 5.73 Å². The average Bonchev–Trinajstić information content (AvgIpc) is 2.70. The van der Waals surface area contributed by atoms with Gasteiger partial charge >= 0.3 is 0 Å². The minimum absolute atomic E-state index is 0.112. The van der Waals surface area contributed by atoms with Crippen LogP contribution in [0.3, 0.4) is 0 Å². The van der Waals surface area contributed by atoms with Gasteiger partial charge in [-0.05, 0) is 6.42 Å². The van der Waals surface area contributed by atoms with Gasteiger partial charge in [-0.2, -0.15) is 4.98 Å². The van der Waals surface area contributed by atoms with E-state index in [0.29, 0.717) is 37.3 Å². The number of carbonyl (C=O) groups excluding carboxylic acids is 1. The van der Waals surface area contributed by atoms with E-state index in [1.54, 1.807) is 0 Å². The highest BCUT2D eigenvalue weighted by Gasteiger charge is 2.05. The molecule has 0 spiro atoms. The Hall–Kier alpha value is -1.37. The number of nitrogens with two attached hydrogens (primary N) is 1. The van der Waals surface area contributed by atoms with E-state index in [1.165, 1.54) is 18.1 Å². The third-order valence-corrected chi connectivity index (χ3v) is 2.75. The molecule has 1 aromatic rings. The maximum atomic E-state index is 11.3. The van der Waals surface area contributed by atoms with E-state index in [9.17, 15) is 4.79 Å². The summed E-state index contributed by atoms with van der Waals surface area (Å²) in [5.41, 5.74) is 5.18. The lowest BCUT2D eigenvalue weighted by Crippen LogP contribution is -2.09. The van der Waals surface area contributed by atoms with Crippen molar-refractivity contribution < 1.29 is 9.32 Å². The van der Waals surface area contributed by atoms with Crippen LogP contribution in [0.15, 0.2) is 10.9 Å². The van der Waals surface area contributed by atoms with Gasteiger partial charge in [-0.1, -0.05) is 16.9 Å². The maximum Gasteiger partial charge on any atom is 0.227 e. The van der Waals surface area contributed by atoms with Crippen LogP contribution in [0, 0.1) is 5.41 Å². The maximum absolute atomic E-state index is 11.3. The van der Waals surface area contributed by atoms with E-state index < -0.39 is 0 Å². The van der Waals surface area contributed by atoms with Crippen molar-refractivity contribution in [3.63, 3.8) is 0 Å². The van der Waals surface area contributed by atoms with Gasteiger partial charge in [-0.25, -0.2) is 0 Å². The molecule has 0 saturated heterocycles. The number of amidine groups is 1. The van der Waals surface area contributed by atoms with Crippen molar-refractivity contribution in [3.8, 4) is 0 Å². The highest BCUT2D eigenvalue weighted by Crippen LogP contribution is 2.10. The van der Waals surface area contributed by atoms with E-state index in [2.05, 4.69) is 10.1 Å². The smallest absolute Gasteiger partial charge is 0.227 e. The molecule has 0 aliphatic rings. The molecule has 0 aliphatic carbocycles. The summed E-state index contributed by atoms with van der Waals surface area (Å²) in [5, 5.41) is 10.6. The van der Waals surface area contributed by atoms with Crippen molar-refractivity contribution in [1.82, 2.24) is 10.1 Å². The third-order valence-electron chi connectivity index (χ3n) is 1.81. The molecule has 0 aromatic carbocycles. The van der Waals surface area contributed by atoms with Crippen molar-refractivity contribution >= 4 is 22.7 Å². The van der Waals surface area contributed by atoms with E-state index >= 15 is 0 Å². The molecule has 0 atom stereocenters. The monoisotopic (exact) mass is 242 g/mol. The van der Waals surface area contributed by atoms with Gasteiger partial charge in [0.1, 0.15) is 0 Å². The second-order valence-electron chi connectivity index (χ2n) is 3.18. The van der Waals surface area contributed by atoms with E-state index in [4.69, 9.17) is 15.7 Å². The van der Waals surface area contributed by atoms with Crippen molar-refractivity contribution in [3.05, 3.63) is 12.2 Å². The van der Waals surface area contributed by atoms with Gasteiger partial charge in [0, 0.05) is 25.0 Å². The standard InChI is InChI=1S/C9H14N4O2S/c10-7(11)2-1-3-9(14)16-5-4-8-12-6-13-15-8/h6H,1-5H2,(H3,10,11). The number of rotatable bonds is 7. The number of thioether (sulfide) groups is 1. The van der Waals surface area contributed by atoms with Gasteiger partial charge in [0.15, 0.2) is 11.4 Å². The number of carbonyl (C=O) groups is 1. The molecular formula is C9H14N4O2S. The van der Waals surface area contributed by atoms with Crippen LogP contribution < -0.4 is 5.73 Å². The molecule has 0 bridgehead atoms. The largest absolute Gasteiger partial charge is 0.388 e. The van der Waals surface area contributed by atoms with Crippen LogP contribution in [0.4, 0.5) is 0 Å². The van der Waals surface area contributed by atoms with Gasteiger partial charge in [-0.15, -0.1) is 0 Å². The third kappa shape index (κ3) is 5.50. The Kier molecular flexibility index (Phi) is 5.55. The minimum Gasteiger partial charge on any atom is -0.388 e. The SMILES string of the molecule is N=C(N)CCCC(=O)SCCc1ncno1. The second-order valence-corrected chi connectivity index (χ2v) is 4.34. The summed E-state index contributed by atoms with van der Waals surface area (Å²) >= 11 is 1.25. The predicted octanol–water partition coefficient (Wildman–Crippen LogP) is 0.978. The zero-order valence-corrected chi connectivity index (χ0v) is 9.63. The number of hydrogen-bond acceptors (Lipinski definition) is 6. The van der Waals surface area contributed by atoms with Gasteiger partial charge in [0.25, 0.3) is 0 Å². The quantitative estimate of drug-likeness (QED) is 0.545. The summed E-state index contributed by atoms with van der Waals surface area (Å²) in [5.74, 6) is 1.31. The molecule has 6 nitrogen and oxygen atoms in total. The number of aromatic nitrogens is 2. The Bertz CT molecular complexity index is 339. The molecule has 16 heavy (non-hydrogen) atoms. The second kappa shape index (κ2) is 7.00. The van der Waals surface area contributed by atoms with Crippen LogP contribution in [-0.4, -0.2) is 26.8 Å². The van der Waals surface area contributed by atoms with Gasteiger partial charge in [-0.3, -0.25) is 10.2 Å². The van der Waals surface area contributed by atoms with Crippen LogP contribution in [0.2, 0.25) is 0 Å². The first-order chi connectivity index (χ1) is 7.68. The topological polar surface area (TPSA) is 106 Å². The van der Waals surface area contributed by atoms with Crippen LogP contribution in [0.5, 0.6) is 0 Å². The fourth-order valence-corrected chi connectivity index (χ4v) is 1.85. The molecule has 0 saturated carbocycles. The number of hydrogen-bond donors (Lipinski definition) is 2. The molecule has 88 valence electrons. The Morgan fingerprint density at radius 1 is 1.56 bits per heavy atom. The Labute approximate surface area is 97.5 Å². The zero-order valence-electron chi connectivity index (χ0n) is 8.81. The minimum atomic E-state index is 0.112. The Morgan fingerprint density at radius 3 is 3.00 bits per heavy atom. The lowest BCUT2D eigenvalue weighted by molar-refractivity contribution is -0.111. The summed E-state index contributed by atoms with van der Waals surface area (Å²) in [6.45, 7) is 0. The lowest BCUT2D eigenvalue weighted by atomic mass is 10.2. The van der Waals surface area contributed by atoms with Crippen LogP contribution in [-0.2, 0) is 11.2 Å². The average molecular weight is 242 g/mol. The summed E-state index contributed by atoms with van der Waals surface area (Å²) in [6.07, 6.45) is 3.52. The molecule has 1 heterocycles. The summed E-state index contributed by atoms with van der Waals surface area (Å²) in [7, 11) is 0. The van der Waals surface area contributed by atoms with E-state index in [0.717, 1.165) is 0 Å². The van der Waals surface area contributed by atoms with Crippen LogP contribution in [0.1, 0.15) is 25.2 Å². The molecule has 7 heteroatoms. The Balaban J connectivity index is 2.04. The van der Waals surface area contributed by atoms with Crippen molar-refractivity contribution in [1.29, 1.82) is 5.41 Å². The molecule has 1 rings (SSSR count). The van der Waals surface area contributed by atoms with Crippen molar-refractivity contribution in [2.45, 2.75) is 25.7 Å². The lowest BCUT2D eigenvalue weighted by Gasteiger charge is -1.99. The molecule has 0 aliphatic heterocycles. The van der Waals surface area contributed by atoms with E-state index in [-0.39, 0.29) is 11.0 Å². The van der Waals surface area contributed by atoms with Crippen LogP contribution >= 0.6 is 11.8 Å². The normalized spacial score (nSPS) is 10.2. The first-order valence-electron chi connectivity index (χ1n) is 4.92. The molecule has 0 radical (unpaired) electrons. The van der Waals surface area contributed by atoms with Crippen molar-refractivity contribution in [2.75, 3.05) is 5.75 Å². The highest BCUT2D eigenvalue weighted by molar-refractivity contribution is 8.13. The number of aryl methyl sites for hydroxylation is 1. The Morgan fingerprint density at radius 2 is 2.38 bits per heavy atom. The first-order valence-corrected chi connectivity index (χ1v) is 5.91. The summed E-state index contributed by atoms with van der Waals surface area (Å²) < 4.78 is 4.80. The first kappa shape index (κ1) is 12.7. The van der Waals surface area contributed by atoms with E-state index in [1.807, 2.05) is 0 Å². The molecule has 0 unspecified atom stereocenters. The molecular weight excluding hydrogens is 228 g/mol.